The van der Waals surface area contributed by atoms with Gasteiger partial charge in [0.25, 0.3) is 5.91 Å². The lowest BCUT2D eigenvalue weighted by Gasteiger charge is -2.33. The highest BCUT2D eigenvalue weighted by Gasteiger charge is 2.24. The molecule has 1 aliphatic rings. The van der Waals surface area contributed by atoms with Gasteiger partial charge < -0.3 is 15.0 Å². The third-order valence-corrected chi connectivity index (χ3v) is 4.70. The highest BCUT2D eigenvalue weighted by molar-refractivity contribution is 6.31. The molecule has 1 aliphatic heterocycles. The predicted octanol–water partition coefficient (Wildman–Crippen LogP) is 3.38. The van der Waals surface area contributed by atoms with E-state index >= 15 is 0 Å². The van der Waals surface area contributed by atoms with Crippen LogP contribution in [0.5, 0.6) is 0 Å². The zero-order valence-corrected chi connectivity index (χ0v) is 15.3. The van der Waals surface area contributed by atoms with Gasteiger partial charge in [0, 0.05) is 22.8 Å². The van der Waals surface area contributed by atoms with Crippen molar-refractivity contribution in [2.45, 2.75) is 19.4 Å². The van der Waals surface area contributed by atoms with Gasteiger partial charge in [-0.15, -0.1) is 0 Å². The van der Waals surface area contributed by atoms with Crippen LogP contribution in [0, 0.1) is 0 Å². The van der Waals surface area contributed by atoms with E-state index in [1.54, 1.807) is 35.2 Å². The highest BCUT2D eigenvalue weighted by atomic mass is 35.5. The average molecular weight is 373 g/mol. The van der Waals surface area contributed by atoms with Crippen LogP contribution < -0.4 is 5.32 Å². The molecule has 26 heavy (non-hydrogen) atoms. The van der Waals surface area contributed by atoms with Crippen LogP contribution in [0.1, 0.15) is 22.8 Å². The van der Waals surface area contributed by atoms with Crippen LogP contribution in [-0.4, -0.2) is 42.5 Å². The lowest BCUT2D eigenvalue weighted by atomic mass is 10.1. The van der Waals surface area contributed by atoms with Crippen molar-refractivity contribution in [1.82, 2.24) is 4.90 Å². The first kappa shape index (κ1) is 18.4. The number of hydrogen-bond acceptors (Lipinski definition) is 3. The molecule has 6 heteroatoms. The van der Waals surface area contributed by atoms with E-state index in [1.807, 2.05) is 25.1 Å². The lowest BCUT2D eigenvalue weighted by molar-refractivity contribution is -0.115. The average Bonchev–Trinajstić information content (AvgIpc) is 2.64. The Bertz CT molecular complexity index is 809. The SMILES string of the molecule is CC1COCCN1C(=O)c1cccc(NC(=O)Cc2ccccc2Cl)c1. The van der Waals surface area contributed by atoms with Gasteiger partial charge in [-0.1, -0.05) is 35.9 Å². The number of amides is 2. The van der Waals surface area contributed by atoms with Crippen molar-refractivity contribution in [2.75, 3.05) is 25.1 Å². The van der Waals surface area contributed by atoms with Gasteiger partial charge >= 0.3 is 0 Å². The lowest BCUT2D eigenvalue weighted by Crippen LogP contribution is -2.47. The zero-order chi connectivity index (χ0) is 18.5. The van der Waals surface area contributed by atoms with Gasteiger partial charge in [-0.3, -0.25) is 9.59 Å². The Morgan fingerprint density at radius 2 is 2.04 bits per heavy atom. The summed E-state index contributed by atoms with van der Waals surface area (Å²) in [5.41, 5.74) is 1.91. The molecule has 0 saturated carbocycles. The third-order valence-electron chi connectivity index (χ3n) is 4.33. The number of nitrogens with one attached hydrogen (secondary N) is 1. The van der Waals surface area contributed by atoms with E-state index in [0.717, 1.165) is 5.56 Å². The smallest absolute Gasteiger partial charge is 0.254 e. The van der Waals surface area contributed by atoms with Crippen LogP contribution >= 0.6 is 11.6 Å². The normalized spacial score (nSPS) is 17.0. The molecule has 136 valence electrons. The summed E-state index contributed by atoms with van der Waals surface area (Å²) in [6.45, 7) is 3.62. The number of nitrogens with zero attached hydrogens (tertiary/aromatic N) is 1. The maximum absolute atomic E-state index is 12.7. The number of morpholine rings is 1. The maximum Gasteiger partial charge on any atom is 0.254 e. The van der Waals surface area contributed by atoms with Gasteiger partial charge in [-0.25, -0.2) is 0 Å². The van der Waals surface area contributed by atoms with Gasteiger partial charge in [-0.2, -0.15) is 0 Å². The molecule has 2 aromatic rings. The number of benzene rings is 2. The second-order valence-electron chi connectivity index (χ2n) is 6.32. The molecule has 1 atom stereocenters. The molecule has 5 nitrogen and oxygen atoms in total. The minimum Gasteiger partial charge on any atom is -0.377 e. The summed E-state index contributed by atoms with van der Waals surface area (Å²) in [5, 5.41) is 3.40. The Labute approximate surface area is 157 Å². The molecular formula is C20H21ClN2O3. The molecule has 0 aromatic heterocycles. The van der Waals surface area contributed by atoms with Crippen LogP contribution in [0.25, 0.3) is 0 Å². The van der Waals surface area contributed by atoms with Gasteiger partial charge in [0.05, 0.1) is 25.7 Å². The Hall–Kier alpha value is -2.37. The van der Waals surface area contributed by atoms with Crippen molar-refractivity contribution in [3.63, 3.8) is 0 Å². The molecule has 2 amide bonds. The number of hydrogen-bond donors (Lipinski definition) is 1. The summed E-state index contributed by atoms with van der Waals surface area (Å²) in [6.07, 6.45) is 0.179. The van der Waals surface area contributed by atoms with Crippen LogP contribution in [0.2, 0.25) is 5.02 Å². The van der Waals surface area contributed by atoms with Crippen molar-refractivity contribution >= 4 is 29.1 Å². The quantitative estimate of drug-likeness (QED) is 0.895. The van der Waals surface area contributed by atoms with E-state index in [4.69, 9.17) is 16.3 Å². The van der Waals surface area contributed by atoms with Crippen LogP contribution in [0.4, 0.5) is 5.69 Å². The fourth-order valence-electron chi connectivity index (χ4n) is 2.94. The monoisotopic (exact) mass is 372 g/mol. The molecule has 1 N–H and O–H groups in total. The first-order valence-electron chi connectivity index (χ1n) is 8.56. The van der Waals surface area contributed by atoms with E-state index in [9.17, 15) is 9.59 Å². The number of rotatable bonds is 4. The van der Waals surface area contributed by atoms with E-state index in [0.29, 0.717) is 36.0 Å². The number of carbonyl (C=O) groups excluding carboxylic acids is 2. The number of carbonyl (C=O) groups is 2. The highest BCUT2D eigenvalue weighted by Crippen LogP contribution is 2.18. The summed E-state index contributed by atoms with van der Waals surface area (Å²) in [4.78, 5) is 26.8. The van der Waals surface area contributed by atoms with Gasteiger partial charge in [0.2, 0.25) is 5.91 Å². The van der Waals surface area contributed by atoms with Crippen LogP contribution in [0.3, 0.4) is 0 Å². The van der Waals surface area contributed by atoms with E-state index in [2.05, 4.69) is 5.32 Å². The summed E-state index contributed by atoms with van der Waals surface area (Å²) < 4.78 is 5.38. The molecule has 0 aliphatic carbocycles. The first-order chi connectivity index (χ1) is 12.5. The van der Waals surface area contributed by atoms with Crippen molar-refractivity contribution in [2.24, 2.45) is 0 Å². The second-order valence-corrected chi connectivity index (χ2v) is 6.73. The Morgan fingerprint density at radius 1 is 1.23 bits per heavy atom. The molecule has 0 spiro atoms. The van der Waals surface area contributed by atoms with Gasteiger partial charge in [-0.05, 0) is 36.8 Å². The molecule has 0 radical (unpaired) electrons. The summed E-state index contributed by atoms with van der Waals surface area (Å²) in [5.74, 6) is -0.231. The topological polar surface area (TPSA) is 58.6 Å². The fraction of sp³-hybridized carbons (Fsp3) is 0.300. The molecule has 1 saturated heterocycles. The third kappa shape index (κ3) is 4.42. The van der Waals surface area contributed by atoms with Crippen molar-refractivity contribution < 1.29 is 14.3 Å². The molecule has 2 aromatic carbocycles. The van der Waals surface area contributed by atoms with E-state index in [-0.39, 0.29) is 24.3 Å². The molecule has 1 fully saturated rings. The molecule has 1 heterocycles. The molecule has 3 rings (SSSR count). The Balaban J connectivity index is 1.68. The van der Waals surface area contributed by atoms with Crippen LogP contribution in [-0.2, 0) is 16.0 Å². The summed E-state index contributed by atoms with van der Waals surface area (Å²) in [6, 6.07) is 14.3. The second kappa shape index (κ2) is 8.34. The number of halogens is 1. The summed E-state index contributed by atoms with van der Waals surface area (Å²) in [7, 11) is 0. The zero-order valence-electron chi connectivity index (χ0n) is 14.6. The van der Waals surface area contributed by atoms with Crippen molar-refractivity contribution in [3.05, 3.63) is 64.7 Å². The predicted molar refractivity (Wildman–Crippen MR) is 102 cm³/mol. The number of anilines is 1. The van der Waals surface area contributed by atoms with Crippen molar-refractivity contribution in [1.29, 1.82) is 0 Å². The molecule has 0 bridgehead atoms. The van der Waals surface area contributed by atoms with Gasteiger partial charge in [0.1, 0.15) is 0 Å². The molecular weight excluding hydrogens is 352 g/mol. The first-order valence-corrected chi connectivity index (χ1v) is 8.94. The van der Waals surface area contributed by atoms with E-state index < -0.39 is 0 Å². The largest absolute Gasteiger partial charge is 0.377 e. The minimum atomic E-state index is -0.178. The Morgan fingerprint density at radius 3 is 2.81 bits per heavy atom. The summed E-state index contributed by atoms with van der Waals surface area (Å²) >= 11 is 6.10. The van der Waals surface area contributed by atoms with Crippen LogP contribution in [0.15, 0.2) is 48.5 Å². The maximum atomic E-state index is 12.7. The fourth-order valence-corrected chi connectivity index (χ4v) is 3.15. The standard InChI is InChI=1S/C20H21ClN2O3/c1-14-13-26-10-9-23(14)20(25)16-6-4-7-17(11-16)22-19(24)12-15-5-2-3-8-18(15)21/h2-8,11,14H,9-10,12-13H2,1H3,(H,22,24). The van der Waals surface area contributed by atoms with Crippen molar-refractivity contribution in [3.8, 4) is 0 Å². The van der Waals surface area contributed by atoms with E-state index in [1.165, 1.54) is 0 Å². The Kier molecular flexibility index (Phi) is 5.91. The minimum absolute atomic E-state index is 0.0368. The number of ether oxygens (including phenoxy) is 1. The molecule has 1 unspecified atom stereocenters. The van der Waals surface area contributed by atoms with Gasteiger partial charge in [0.15, 0.2) is 0 Å².